The lowest BCUT2D eigenvalue weighted by Gasteiger charge is -2.39. The monoisotopic (exact) mass is 322 g/mol. The molecule has 6 nitrogen and oxygen atoms in total. The van der Waals surface area contributed by atoms with E-state index in [1.54, 1.807) is 0 Å². The van der Waals surface area contributed by atoms with Gasteiger partial charge in [-0.3, -0.25) is 5.01 Å². The Kier molecular flexibility index (Phi) is 4.24. The third-order valence-electron chi connectivity index (χ3n) is 6.59. The van der Waals surface area contributed by atoms with Gasteiger partial charge in [-0.05, 0) is 31.6 Å². The van der Waals surface area contributed by atoms with E-state index in [1.807, 2.05) is 0 Å². The van der Waals surface area contributed by atoms with Crippen LogP contribution in [0, 0.1) is 5.92 Å². The Morgan fingerprint density at radius 1 is 1.22 bits per heavy atom. The lowest BCUT2D eigenvalue weighted by atomic mass is 9.87. The summed E-state index contributed by atoms with van der Waals surface area (Å²) in [5.41, 5.74) is 6.51. The van der Waals surface area contributed by atoms with Crippen molar-refractivity contribution in [2.75, 3.05) is 46.4 Å². The SMILES string of the molecule is C[N+]1(CCNC2=NN3C4CCCC4CCC3C2N)CCOCC1. The first-order valence-corrected chi connectivity index (χ1v) is 9.44. The van der Waals surface area contributed by atoms with Gasteiger partial charge < -0.3 is 20.3 Å². The quantitative estimate of drug-likeness (QED) is 0.736. The number of amidine groups is 1. The predicted octanol–water partition coefficient (Wildman–Crippen LogP) is 0.340. The van der Waals surface area contributed by atoms with E-state index >= 15 is 0 Å². The molecule has 3 heterocycles. The van der Waals surface area contributed by atoms with Crippen molar-refractivity contribution >= 4 is 5.84 Å². The number of hydrogen-bond donors (Lipinski definition) is 2. The molecule has 3 aliphatic heterocycles. The van der Waals surface area contributed by atoms with Gasteiger partial charge in [-0.1, -0.05) is 6.42 Å². The van der Waals surface area contributed by atoms with Crippen LogP contribution >= 0.6 is 0 Å². The molecule has 0 aromatic heterocycles. The highest BCUT2D eigenvalue weighted by Gasteiger charge is 2.46. The number of nitrogens with zero attached hydrogens (tertiary/aromatic N) is 3. The van der Waals surface area contributed by atoms with Crippen molar-refractivity contribution in [1.82, 2.24) is 10.3 Å². The first kappa shape index (κ1) is 15.7. The highest BCUT2D eigenvalue weighted by molar-refractivity contribution is 5.89. The molecule has 3 N–H and O–H groups in total. The van der Waals surface area contributed by atoms with E-state index in [2.05, 4.69) is 17.4 Å². The maximum absolute atomic E-state index is 6.51. The van der Waals surface area contributed by atoms with Gasteiger partial charge in [0.2, 0.25) is 0 Å². The number of hydrazone groups is 1. The lowest BCUT2D eigenvalue weighted by Crippen LogP contribution is -2.56. The molecule has 4 unspecified atom stereocenters. The van der Waals surface area contributed by atoms with Crippen molar-refractivity contribution < 1.29 is 9.22 Å². The van der Waals surface area contributed by atoms with Crippen LogP contribution in [0.5, 0.6) is 0 Å². The molecule has 1 saturated carbocycles. The Morgan fingerprint density at radius 2 is 2.04 bits per heavy atom. The van der Waals surface area contributed by atoms with Crippen molar-refractivity contribution in [3.63, 3.8) is 0 Å². The van der Waals surface area contributed by atoms with Crippen LogP contribution in [0.15, 0.2) is 5.10 Å². The normalized spacial score (nSPS) is 38.9. The van der Waals surface area contributed by atoms with Crippen LogP contribution < -0.4 is 11.1 Å². The predicted molar refractivity (Wildman–Crippen MR) is 91.0 cm³/mol. The van der Waals surface area contributed by atoms with Crippen molar-refractivity contribution in [1.29, 1.82) is 0 Å². The van der Waals surface area contributed by atoms with Crippen LogP contribution in [0.4, 0.5) is 0 Å². The molecule has 0 spiro atoms. The minimum Gasteiger partial charge on any atom is -0.370 e. The second kappa shape index (κ2) is 6.22. The third kappa shape index (κ3) is 2.96. The zero-order valence-electron chi connectivity index (χ0n) is 14.4. The highest BCUT2D eigenvalue weighted by Crippen LogP contribution is 2.41. The fourth-order valence-corrected chi connectivity index (χ4v) is 4.95. The maximum Gasteiger partial charge on any atom is 0.141 e. The molecule has 0 bridgehead atoms. The summed E-state index contributed by atoms with van der Waals surface area (Å²) in [5, 5.41) is 10.9. The number of nitrogens with two attached hydrogens (primary N) is 1. The lowest BCUT2D eigenvalue weighted by molar-refractivity contribution is -0.915. The summed E-state index contributed by atoms with van der Waals surface area (Å²) in [6.45, 7) is 6.06. The van der Waals surface area contributed by atoms with E-state index in [4.69, 9.17) is 15.6 Å². The first-order valence-electron chi connectivity index (χ1n) is 9.44. The minimum absolute atomic E-state index is 0.0755. The summed E-state index contributed by atoms with van der Waals surface area (Å²) < 4.78 is 6.57. The summed E-state index contributed by atoms with van der Waals surface area (Å²) >= 11 is 0. The number of piperidine rings is 1. The number of hydrogen-bond acceptors (Lipinski definition) is 5. The van der Waals surface area contributed by atoms with E-state index in [9.17, 15) is 0 Å². The Balaban J connectivity index is 1.34. The van der Waals surface area contributed by atoms with Crippen molar-refractivity contribution in [2.45, 2.75) is 50.2 Å². The number of nitrogens with one attached hydrogen (secondary N) is 1. The number of ether oxygens (including phenoxy) is 1. The van der Waals surface area contributed by atoms with Crippen LogP contribution in [0.2, 0.25) is 0 Å². The minimum atomic E-state index is 0.0755. The van der Waals surface area contributed by atoms with Gasteiger partial charge in [0.15, 0.2) is 0 Å². The fourth-order valence-electron chi connectivity index (χ4n) is 4.95. The number of fused-ring (bicyclic) bond motifs is 3. The summed E-state index contributed by atoms with van der Waals surface area (Å²) in [5.74, 6) is 1.89. The number of quaternary nitrogens is 1. The van der Waals surface area contributed by atoms with Crippen molar-refractivity contribution in [2.24, 2.45) is 16.8 Å². The molecule has 0 amide bonds. The molecule has 4 rings (SSSR count). The number of morpholine rings is 1. The van der Waals surface area contributed by atoms with Crippen molar-refractivity contribution in [3.05, 3.63) is 0 Å². The van der Waals surface area contributed by atoms with E-state index in [0.717, 1.165) is 55.6 Å². The van der Waals surface area contributed by atoms with E-state index in [1.165, 1.54) is 32.1 Å². The average molecular weight is 322 g/mol. The molecular formula is C17H32N5O+. The van der Waals surface area contributed by atoms with E-state index < -0.39 is 0 Å². The molecule has 23 heavy (non-hydrogen) atoms. The smallest absolute Gasteiger partial charge is 0.141 e. The summed E-state index contributed by atoms with van der Waals surface area (Å²) in [6.07, 6.45) is 6.61. The molecule has 6 heteroatoms. The van der Waals surface area contributed by atoms with Gasteiger partial charge in [-0.2, -0.15) is 5.10 Å². The molecule has 130 valence electrons. The van der Waals surface area contributed by atoms with Gasteiger partial charge in [0, 0.05) is 0 Å². The van der Waals surface area contributed by atoms with Crippen LogP contribution in [-0.4, -0.2) is 79.9 Å². The third-order valence-corrected chi connectivity index (χ3v) is 6.59. The van der Waals surface area contributed by atoms with Crippen LogP contribution in [-0.2, 0) is 4.74 Å². The Morgan fingerprint density at radius 3 is 2.87 bits per heavy atom. The largest absolute Gasteiger partial charge is 0.370 e. The molecule has 2 saturated heterocycles. The zero-order valence-corrected chi connectivity index (χ0v) is 14.4. The maximum atomic E-state index is 6.51. The van der Waals surface area contributed by atoms with Crippen LogP contribution in [0.1, 0.15) is 32.1 Å². The number of rotatable bonds is 3. The standard InChI is InChI=1S/C17H32N5O/c1-22(9-11-23-12-10-22)8-7-19-17-16(18)15-6-5-13-3-2-4-14(13)21(15)20-17/h13-16H,2-12,18H2,1H3,(H,19,20)/q+1. The van der Waals surface area contributed by atoms with Gasteiger partial charge >= 0.3 is 0 Å². The van der Waals surface area contributed by atoms with Gasteiger partial charge in [-0.25, -0.2) is 0 Å². The average Bonchev–Trinajstić information content (AvgIpc) is 3.13. The van der Waals surface area contributed by atoms with Crippen LogP contribution in [0.25, 0.3) is 0 Å². The highest BCUT2D eigenvalue weighted by atomic mass is 16.5. The summed E-state index contributed by atoms with van der Waals surface area (Å²) in [6, 6.07) is 1.17. The van der Waals surface area contributed by atoms with Gasteiger partial charge in [0.1, 0.15) is 18.9 Å². The summed E-state index contributed by atoms with van der Waals surface area (Å²) in [4.78, 5) is 0. The molecular weight excluding hydrogens is 290 g/mol. The molecule has 4 aliphatic rings. The second-order valence-corrected chi connectivity index (χ2v) is 8.12. The Bertz CT molecular complexity index is 462. The number of likely N-dealkylation sites (N-methyl/N-ethyl adjacent to an activating group) is 1. The Hall–Kier alpha value is -0.850. The topological polar surface area (TPSA) is 62.9 Å². The van der Waals surface area contributed by atoms with E-state index in [-0.39, 0.29) is 6.04 Å². The molecule has 0 radical (unpaired) electrons. The molecule has 4 atom stereocenters. The van der Waals surface area contributed by atoms with Gasteiger partial charge in [0.05, 0.1) is 51.5 Å². The molecule has 1 aliphatic carbocycles. The van der Waals surface area contributed by atoms with Crippen molar-refractivity contribution in [3.8, 4) is 0 Å². The zero-order chi connectivity index (χ0) is 15.9. The molecule has 3 fully saturated rings. The second-order valence-electron chi connectivity index (χ2n) is 8.12. The van der Waals surface area contributed by atoms with Crippen LogP contribution in [0.3, 0.4) is 0 Å². The van der Waals surface area contributed by atoms with Gasteiger partial charge in [-0.15, -0.1) is 0 Å². The Labute approximate surface area is 139 Å². The fraction of sp³-hybridized carbons (Fsp3) is 0.941. The van der Waals surface area contributed by atoms with E-state index in [0.29, 0.717) is 12.1 Å². The molecule has 0 aromatic carbocycles. The molecule has 0 aromatic rings. The summed E-state index contributed by atoms with van der Waals surface area (Å²) in [7, 11) is 2.33. The first-order chi connectivity index (χ1) is 11.2. The van der Waals surface area contributed by atoms with Gasteiger partial charge in [0.25, 0.3) is 0 Å².